The summed E-state index contributed by atoms with van der Waals surface area (Å²) < 4.78 is 0. The Balaban J connectivity index is 2.65. The van der Waals surface area contributed by atoms with Crippen molar-refractivity contribution in [2.24, 2.45) is 5.73 Å². The predicted molar refractivity (Wildman–Crippen MR) is 36.1 cm³/mol. The lowest BCUT2D eigenvalue weighted by Gasteiger charge is -2.02. The molecule has 0 spiro atoms. The minimum Gasteiger partial charge on any atom is -0.330 e. The summed E-state index contributed by atoms with van der Waals surface area (Å²) in [6.45, 7) is 2.73. The molecule has 0 aliphatic heterocycles. The molecule has 0 aromatic carbocycles. The molecule has 0 aliphatic carbocycles. The maximum atomic E-state index is 5.42. The third-order valence-corrected chi connectivity index (χ3v) is 1.41. The highest BCUT2D eigenvalue weighted by Gasteiger charge is 2.01. The highest BCUT2D eigenvalue weighted by atomic mass is 15.1. The molecule has 3 heteroatoms. The van der Waals surface area contributed by atoms with Gasteiger partial charge in [-0.2, -0.15) is 5.10 Å². The molecule has 0 saturated carbocycles. The van der Waals surface area contributed by atoms with Crippen molar-refractivity contribution in [3.8, 4) is 0 Å². The smallest absolute Gasteiger partial charge is 0.0490 e. The molecule has 1 rings (SSSR count). The number of rotatable bonds is 2. The van der Waals surface area contributed by atoms with Gasteiger partial charge in [0.1, 0.15) is 0 Å². The highest BCUT2D eigenvalue weighted by molar-refractivity contribution is 5.03. The Morgan fingerprint density at radius 3 is 3.11 bits per heavy atom. The van der Waals surface area contributed by atoms with Crippen LogP contribution in [0.25, 0.3) is 0 Å². The lowest BCUT2D eigenvalue weighted by atomic mass is 10.1. The van der Waals surface area contributed by atoms with Gasteiger partial charge in [-0.05, 0) is 6.07 Å². The van der Waals surface area contributed by atoms with E-state index in [1.165, 1.54) is 0 Å². The first-order valence-electron chi connectivity index (χ1n) is 3.04. The minimum absolute atomic E-state index is 0.396. The molecule has 1 atom stereocenters. The molecule has 0 fully saturated rings. The second kappa shape index (κ2) is 2.64. The van der Waals surface area contributed by atoms with Gasteiger partial charge in [0, 0.05) is 24.4 Å². The molecule has 1 aromatic rings. The van der Waals surface area contributed by atoms with Gasteiger partial charge in [0.15, 0.2) is 0 Å². The van der Waals surface area contributed by atoms with Gasteiger partial charge in [0.25, 0.3) is 0 Å². The molecule has 9 heavy (non-hydrogen) atoms. The molecule has 0 bridgehead atoms. The standard InChI is InChI=1S/C6H11N3/c1-5(4-7)6-2-3-8-9-6/h2-3,5H,4,7H2,1H3,(H,8,9). The van der Waals surface area contributed by atoms with Gasteiger partial charge >= 0.3 is 0 Å². The largest absolute Gasteiger partial charge is 0.330 e. The van der Waals surface area contributed by atoms with Crippen LogP contribution in [-0.4, -0.2) is 16.7 Å². The van der Waals surface area contributed by atoms with Crippen LogP contribution in [0.3, 0.4) is 0 Å². The second-order valence-corrected chi connectivity index (χ2v) is 2.15. The third-order valence-electron chi connectivity index (χ3n) is 1.41. The molecule has 1 heterocycles. The van der Waals surface area contributed by atoms with E-state index in [0.29, 0.717) is 12.5 Å². The van der Waals surface area contributed by atoms with Gasteiger partial charge in [-0.1, -0.05) is 6.92 Å². The number of H-pyrrole nitrogens is 1. The van der Waals surface area contributed by atoms with E-state index in [0.717, 1.165) is 5.69 Å². The van der Waals surface area contributed by atoms with Gasteiger partial charge in [-0.25, -0.2) is 0 Å². The van der Waals surface area contributed by atoms with E-state index in [-0.39, 0.29) is 0 Å². The maximum Gasteiger partial charge on any atom is 0.0490 e. The molecule has 1 aromatic heterocycles. The fraction of sp³-hybridized carbons (Fsp3) is 0.500. The van der Waals surface area contributed by atoms with E-state index in [2.05, 4.69) is 17.1 Å². The zero-order valence-electron chi connectivity index (χ0n) is 5.46. The zero-order chi connectivity index (χ0) is 6.69. The first-order valence-corrected chi connectivity index (χ1v) is 3.04. The van der Waals surface area contributed by atoms with E-state index < -0.39 is 0 Å². The second-order valence-electron chi connectivity index (χ2n) is 2.15. The van der Waals surface area contributed by atoms with E-state index in [4.69, 9.17) is 5.73 Å². The molecular formula is C6H11N3. The van der Waals surface area contributed by atoms with E-state index in [1.807, 2.05) is 6.07 Å². The minimum atomic E-state index is 0.396. The van der Waals surface area contributed by atoms with Gasteiger partial charge < -0.3 is 5.73 Å². The SMILES string of the molecule is CC(CN)c1ccn[nH]1. The Bertz CT molecular complexity index is 157. The van der Waals surface area contributed by atoms with Crippen molar-refractivity contribution in [2.75, 3.05) is 6.54 Å². The summed E-state index contributed by atoms with van der Waals surface area (Å²) in [5, 5.41) is 6.67. The summed E-state index contributed by atoms with van der Waals surface area (Å²) >= 11 is 0. The number of aromatic nitrogens is 2. The molecule has 0 radical (unpaired) electrons. The summed E-state index contributed by atoms with van der Waals surface area (Å²) in [6.07, 6.45) is 1.74. The highest BCUT2D eigenvalue weighted by Crippen LogP contribution is 2.07. The molecule has 3 N–H and O–H groups in total. The number of aromatic amines is 1. The van der Waals surface area contributed by atoms with Gasteiger partial charge in [-0.3, -0.25) is 5.10 Å². The Kier molecular flexibility index (Phi) is 1.85. The van der Waals surface area contributed by atoms with E-state index in [1.54, 1.807) is 6.20 Å². The zero-order valence-corrected chi connectivity index (χ0v) is 5.46. The molecule has 0 saturated heterocycles. The first kappa shape index (κ1) is 6.29. The maximum absolute atomic E-state index is 5.42. The first-order chi connectivity index (χ1) is 4.34. The number of nitrogens with zero attached hydrogens (tertiary/aromatic N) is 1. The number of nitrogens with one attached hydrogen (secondary N) is 1. The molecule has 0 aliphatic rings. The van der Waals surface area contributed by atoms with Gasteiger partial charge in [0.2, 0.25) is 0 Å². The van der Waals surface area contributed by atoms with E-state index in [9.17, 15) is 0 Å². The van der Waals surface area contributed by atoms with Crippen LogP contribution in [0, 0.1) is 0 Å². The summed E-state index contributed by atoms with van der Waals surface area (Å²) in [5.41, 5.74) is 6.52. The van der Waals surface area contributed by atoms with Crippen molar-refractivity contribution in [3.63, 3.8) is 0 Å². The molecule has 50 valence electrons. The Morgan fingerprint density at radius 1 is 1.89 bits per heavy atom. The fourth-order valence-corrected chi connectivity index (χ4v) is 0.668. The van der Waals surface area contributed by atoms with Crippen LogP contribution in [0.5, 0.6) is 0 Å². The van der Waals surface area contributed by atoms with Crippen molar-refractivity contribution in [1.82, 2.24) is 10.2 Å². The van der Waals surface area contributed by atoms with E-state index >= 15 is 0 Å². The molecule has 0 amide bonds. The van der Waals surface area contributed by atoms with Crippen LogP contribution in [0.4, 0.5) is 0 Å². The van der Waals surface area contributed by atoms with Crippen LogP contribution >= 0.6 is 0 Å². The van der Waals surface area contributed by atoms with Crippen LogP contribution in [0.15, 0.2) is 12.3 Å². The van der Waals surface area contributed by atoms with Crippen LogP contribution in [-0.2, 0) is 0 Å². The molecule has 1 unspecified atom stereocenters. The predicted octanol–water partition coefficient (Wildman–Crippen LogP) is 0.472. The van der Waals surface area contributed by atoms with Crippen LogP contribution in [0.1, 0.15) is 18.5 Å². The summed E-state index contributed by atoms with van der Waals surface area (Å²) in [4.78, 5) is 0. The fourth-order valence-electron chi connectivity index (χ4n) is 0.668. The molecular weight excluding hydrogens is 114 g/mol. The Hall–Kier alpha value is -0.830. The number of hydrogen-bond acceptors (Lipinski definition) is 2. The lowest BCUT2D eigenvalue weighted by molar-refractivity contribution is 0.739. The van der Waals surface area contributed by atoms with Gasteiger partial charge in [-0.15, -0.1) is 0 Å². The lowest BCUT2D eigenvalue weighted by Crippen LogP contribution is -2.08. The summed E-state index contributed by atoms with van der Waals surface area (Å²) in [5.74, 6) is 0.396. The van der Waals surface area contributed by atoms with Crippen molar-refractivity contribution in [1.29, 1.82) is 0 Å². The Labute approximate surface area is 54.3 Å². The average Bonchev–Trinajstić information content (AvgIpc) is 2.37. The normalized spacial score (nSPS) is 13.6. The quantitative estimate of drug-likeness (QED) is 0.603. The van der Waals surface area contributed by atoms with Gasteiger partial charge in [0.05, 0.1) is 0 Å². The van der Waals surface area contributed by atoms with Crippen molar-refractivity contribution >= 4 is 0 Å². The van der Waals surface area contributed by atoms with Crippen molar-refractivity contribution in [2.45, 2.75) is 12.8 Å². The molecule has 3 nitrogen and oxygen atoms in total. The third kappa shape index (κ3) is 1.29. The van der Waals surface area contributed by atoms with Crippen LogP contribution < -0.4 is 5.73 Å². The van der Waals surface area contributed by atoms with Crippen molar-refractivity contribution in [3.05, 3.63) is 18.0 Å². The monoisotopic (exact) mass is 125 g/mol. The Morgan fingerprint density at radius 2 is 2.67 bits per heavy atom. The number of nitrogens with two attached hydrogens (primary N) is 1. The summed E-state index contributed by atoms with van der Waals surface area (Å²) in [7, 11) is 0. The average molecular weight is 125 g/mol. The van der Waals surface area contributed by atoms with Crippen LogP contribution in [0.2, 0.25) is 0 Å². The van der Waals surface area contributed by atoms with Crippen molar-refractivity contribution < 1.29 is 0 Å². The topological polar surface area (TPSA) is 54.7 Å². The number of hydrogen-bond donors (Lipinski definition) is 2. The summed E-state index contributed by atoms with van der Waals surface area (Å²) in [6, 6.07) is 1.94.